The lowest BCUT2D eigenvalue weighted by Crippen LogP contribution is -2.26. The average Bonchev–Trinajstić information content (AvgIpc) is 2.50. The SMILES string of the molecule is COC(OC)C(=N)c1ccc(-c2cc(N)ccc2C)nc1N. The summed E-state index contributed by atoms with van der Waals surface area (Å²) in [6.45, 7) is 1.98. The second-order valence-electron chi connectivity index (χ2n) is 4.92. The quantitative estimate of drug-likeness (QED) is 0.446. The Morgan fingerprint density at radius 1 is 1.14 bits per heavy atom. The van der Waals surface area contributed by atoms with E-state index >= 15 is 0 Å². The van der Waals surface area contributed by atoms with Crippen LogP contribution in [-0.4, -0.2) is 31.2 Å². The van der Waals surface area contributed by atoms with Crippen molar-refractivity contribution < 1.29 is 9.47 Å². The summed E-state index contributed by atoms with van der Waals surface area (Å²) in [6.07, 6.45) is -0.774. The minimum absolute atomic E-state index is 0.130. The van der Waals surface area contributed by atoms with Crippen molar-refractivity contribution >= 4 is 17.2 Å². The number of aromatic nitrogens is 1. The van der Waals surface area contributed by atoms with Crippen molar-refractivity contribution in [2.24, 2.45) is 0 Å². The van der Waals surface area contributed by atoms with Crippen molar-refractivity contribution in [1.82, 2.24) is 4.98 Å². The van der Waals surface area contributed by atoms with Gasteiger partial charge in [-0.15, -0.1) is 0 Å². The smallest absolute Gasteiger partial charge is 0.200 e. The number of rotatable bonds is 5. The van der Waals surface area contributed by atoms with Gasteiger partial charge in [0.1, 0.15) is 5.82 Å². The van der Waals surface area contributed by atoms with Gasteiger partial charge in [0.2, 0.25) is 6.29 Å². The van der Waals surface area contributed by atoms with Crippen LogP contribution in [-0.2, 0) is 9.47 Å². The number of nitrogens with zero attached hydrogens (tertiary/aromatic N) is 1. The Balaban J connectivity index is 2.42. The molecule has 116 valence electrons. The highest BCUT2D eigenvalue weighted by Gasteiger charge is 2.18. The molecular weight excluding hydrogens is 280 g/mol. The van der Waals surface area contributed by atoms with E-state index in [0.29, 0.717) is 16.9 Å². The number of anilines is 2. The normalized spacial score (nSPS) is 10.9. The highest BCUT2D eigenvalue weighted by atomic mass is 16.7. The lowest BCUT2D eigenvalue weighted by Gasteiger charge is -2.16. The molecule has 0 atom stereocenters. The van der Waals surface area contributed by atoms with Crippen LogP contribution in [0.2, 0.25) is 0 Å². The lowest BCUT2D eigenvalue weighted by molar-refractivity contribution is -0.0519. The van der Waals surface area contributed by atoms with Crippen molar-refractivity contribution in [2.45, 2.75) is 13.2 Å². The van der Waals surface area contributed by atoms with E-state index in [1.165, 1.54) is 14.2 Å². The first-order chi connectivity index (χ1) is 10.5. The minimum Gasteiger partial charge on any atom is -0.399 e. The van der Waals surface area contributed by atoms with E-state index in [1.54, 1.807) is 6.07 Å². The van der Waals surface area contributed by atoms with Crippen LogP contribution in [0.4, 0.5) is 11.5 Å². The maximum Gasteiger partial charge on any atom is 0.200 e. The van der Waals surface area contributed by atoms with Gasteiger partial charge in [-0.2, -0.15) is 0 Å². The summed E-state index contributed by atoms with van der Waals surface area (Å²) in [5, 5.41) is 8.09. The number of pyridine rings is 1. The van der Waals surface area contributed by atoms with Crippen LogP contribution in [0.1, 0.15) is 11.1 Å². The van der Waals surface area contributed by atoms with Gasteiger partial charge in [0.05, 0.1) is 11.4 Å². The van der Waals surface area contributed by atoms with Gasteiger partial charge in [-0.05, 0) is 36.8 Å². The standard InChI is InChI=1S/C16H20N4O2/c1-9-4-5-10(17)8-12(9)13-7-6-11(15(19)20-13)14(18)16(21-2)22-3/h4-8,16,18H,17H2,1-3H3,(H2,19,20). The first-order valence-electron chi connectivity index (χ1n) is 6.75. The largest absolute Gasteiger partial charge is 0.399 e. The average molecular weight is 300 g/mol. The number of methoxy groups -OCH3 is 2. The number of ether oxygens (including phenoxy) is 2. The van der Waals surface area contributed by atoms with E-state index in [2.05, 4.69) is 4.98 Å². The van der Waals surface area contributed by atoms with Gasteiger partial charge in [0.25, 0.3) is 0 Å². The summed E-state index contributed by atoms with van der Waals surface area (Å²) >= 11 is 0. The Bertz CT molecular complexity index is 697. The van der Waals surface area contributed by atoms with Crippen molar-refractivity contribution in [3.05, 3.63) is 41.5 Å². The maximum atomic E-state index is 8.09. The molecule has 0 saturated heterocycles. The summed E-state index contributed by atoms with van der Waals surface area (Å²) < 4.78 is 10.1. The van der Waals surface area contributed by atoms with Gasteiger partial charge in [0.15, 0.2) is 0 Å². The molecule has 0 aliphatic heterocycles. The monoisotopic (exact) mass is 300 g/mol. The Labute approximate surface area is 129 Å². The molecule has 0 radical (unpaired) electrons. The van der Waals surface area contributed by atoms with Crippen molar-refractivity contribution in [3.63, 3.8) is 0 Å². The predicted octanol–water partition coefficient (Wildman–Crippen LogP) is 2.21. The third-order valence-electron chi connectivity index (χ3n) is 3.42. The maximum absolute atomic E-state index is 8.09. The Morgan fingerprint density at radius 3 is 2.41 bits per heavy atom. The van der Waals surface area contributed by atoms with Crippen LogP contribution >= 0.6 is 0 Å². The Morgan fingerprint density at radius 2 is 1.82 bits per heavy atom. The summed E-state index contributed by atoms with van der Waals surface area (Å²) in [5.74, 6) is 0.253. The molecule has 5 N–H and O–H groups in total. The molecule has 0 saturated carbocycles. The van der Waals surface area contributed by atoms with Crippen LogP contribution in [0, 0.1) is 12.3 Å². The van der Waals surface area contributed by atoms with E-state index in [9.17, 15) is 0 Å². The second-order valence-corrected chi connectivity index (χ2v) is 4.92. The fraction of sp³-hybridized carbons (Fsp3) is 0.250. The lowest BCUT2D eigenvalue weighted by atomic mass is 10.0. The number of nitrogens with two attached hydrogens (primary N) is 2. The molecule has 6 heteroatoms. The number of nitrogens with one attached hydrogen (secondary N) is 1. The van der Waals surface area contributed by atoms with Gasteiger partial charge in [-0.1, -0.05) is 6.07 Å². The van der Waals surface area contributed by atoms with E-state index < -0.39 is 6.29 Å². The van der Waals surface area contributed by atoms with Gasteiger partial charge in [0, 0.05) is 31.0 Å². The zero-order chi connectivity index (χ0) is 16.3. The fourth-order valence-electron chi connectivity index (χ4n) is 2.23. The minimum atomic E-state index is -0.774. The van der Waals surface area contributed by atoms with Crippen LogP contribution < -0.4 is 11.5 Å². The number of hydrogen-bond acceptors (Lipinski definition) is 6. The van der Waals surface area contributed by atoms with Gasteiger partial charge in [-0.3, -0.25) is 5.41 Å². The van der Waals surface area contributed by atoms with E-state index in [1.807, 2.05) is 31.2 Å². The van der Waals surface area contributed by atoms with Gasteiger partial charge in [-0.25, -0.2) is 4.98 Å². The molecule has 0 spiro atoms. The van der Waals surface area contributed by atoms with Gasteiger partial charge < -0.3 is 20.9 Å². The first kappa shape index (κ1) is 15.9. The number of aryl methyl sites for hydroxylation is 1. The summed E-state index contributed by atoms with van der Waals surface area (Å²) in [4.78, 5) is 4.39. The molecule has 2 rings (SSSR count). The number of nitrogen functional groups attached to an aromatic ring is 2. The predicted molar refractivity (Wildman–Crippen MR) is 87.9 cm³/mol. The Kier molecular flexibility index (Phi) is 4.75. The van der Waals surface area contributed by atoms with E-state index in [0.717, 1.165) is 11.1 Å². The number of hydrogen-bond donors (Lipinski definition) is 3. The molecule has 0 aliphatic carbocycles. The molecule has 0 fully saturated rings. The van der Waals surface area contributed by atoms with Crippen molar-refractivity contribution in [2.75, 3.05) is 25.7 Å². The molecule has 1 heterocycles. The van der Waals surface area contributed by atoms with Crippen LogP contribution in [0.15, 0.2) is 30.3 Å². The molecule has 1 aromatic carbocycles. The molecule has 22 heavy (non-hydrogen) atoms. The molecule has 1 aromatic heterocycles. The van der Waals surface area contributed by atoms with E-state index in [4.69, 9.17) is 26.4 Å². The summed E-state index contributed by atoms with van der Waals surface area (Å²) in [6, 6.07) is 9.19. The second kappa shape index (κ2) is 6.55. The highest BCUT2D eigenvalue weighted by molar-refractivity contribution is 6.04. The van der Waals surface area contributed by atoms with Gasteiger partial charge >= 0.3 is 0 Å². The van der Waals surface area contributed by atoms with Crippen LogP contribution in [0.5, 0.6) is 0 Å². The van der Waals surface area contributed by atoms with Crippen molar-refractivity contribution in [1.29, 1.82) is 5.41 Å². The summed E-state index contributed by atoms with van der Waals surface area (Å²) in [7, 11) is 2.94. The first-order valence-corrected chi connectivity index (χ1v) is 6.75. The molecule has 0 unspecified atom stereocenters. The molecule has 0 amide bonds. The van der Waals surface area contributed by atoms with Crippen molar-refractivity contribution in [3.8, 4) is 11.3 Å². The van der Waals surface area contributed by atoms with E-state index in [-0.39, 0.29) is 11.5 Å². The van der Waals surface area contributed by atoms with Crippen LogP contribution in [0.25, 0.3) is 11.3 Å². The zero-order valence-electron chi connectivity index (χ0n) is 12.9. The molecule has 2 aromatic rings. The molecule has 0 bridgehead atoms. The fourth-order valence-corrected chi connectivity index (χ4v) is 2.23. The number of benzene rings is 1. The molecule has 6 nitrogen and oxygen atoms in total. The highest BCUT2D eigenvalue weighted by Crippen LogP contribution is 2.26. The Hall–Kier alpha value is -2.44. The summed E-state index contributed by atoms with van der Waals surface area (Å²) in [5.41, 5.74) is 15.8. The third-order valence-corrected chi connectivity index (χ3v) is 3.42. The third kappa shape index (κ3) is 3.08. The molecule has 0 aliphatic rings. The zero-order valence-corrected chi connectivity index (χ0v) is 12.9. The van der Waals surface area contributed by atoms with Crippen LogP contribution in [0.3, 0.4) is 0 Å². The molecular formula is C16H20N4O2. The topological polar surface area (TPSA) is 107 Å².